The summed E-state index contributed by atoms with van der Waals surface area (Å²) in [5.41, 5.74) is 1.09. The Morgan fingerprint density at radius 1 is 1.13 bits per heavy atom. The highest BCUT2D eigenvalue weighted by Crippen LogP contribution is 2.20. The molecule has 4 rings (SSSR count). The SMILES string of the molecule is O=C(NC1CC1)C(Cc1ccccc1)NS(=O)(=O)c1c[nH]c(C(=O)N2CCCC2)c1. The second-order valence-electron chi connectivity index (χ2n) is 7.89. The van der Waals surface area contributed by atoms with Crippen LogP contribution in [-0.4, -0.2) is 55.3 Å². The van der Waals surface area contributed by atoms with Crippen LogP contribution in [0.1, 0.15) is 41.7 Å². The first-order chi connectivity index (χ1) is 14.4. The molecule has 1 unspecified atom stereocenters. The quantitative estimate of drug-likeness (QED) is 0.588. The molecule has 1 saturated carbocycles. The van der Waals surface area contributed by atoms with Gasteiger partial charge in [0, 0.05) is 25.3 Å². The highest BCUT2D eigenvalue weighted by molar-refractivity contribution is 7.89. The molecule has 1 aromatic carbocycles. The van der Waals surface area contributed by atoms with Crippen LogP contribution in [0.2, 0.25) is 0 Å². The maximum absolute atomic E-state index is 13.0. The second kappa shape index (κ2) is 8.61. The fourth-order valence-corrected chi connectivity index (χ4v) is 4.75. The first-order valence-corrected chi connectivity index (χ1v) is 11.7. The van der Waals surface area contributed by atoms with Crippen molar-refractivity contribution in [1.29, 1.82) is 0 Å². The summed E-state index contributed by atoms with van der Waals surface area (Å²) in [6.07, 6.45) is 5.27. The van der Waals surface area contributed by atoms with Gasteiger partial charge in [-0.1, -0.05) is 30.3 Å². The van der Waals surface area contributed by atoms with Gasteiger partial charge in [-0.15, -0.1) is 0 Å². The number of benzene rings is 1. The van der Waals surface area contributed by atoms with E-state index in [1.165, 1.54) is 12.3 Å². The van der Waals surface area contributed by atoms with E-state index in [0.29, 0.717) is 13.1 Å². The Bertz CT molecular complexity index is 1010. The Hall–Kier alpha value is -2.65. The average molecular weight is 431 g/mol. The maximum Gasteiger partial charge on any atom is 0.270 e. The summed E-state index contributed by atoms with van der Waals surface area (Å²) in [6, 6.07) is 9.80. The summed E-state index contributed by atoms with van der Waals surface area (Å²) in [5.74, 6) is -0.546. The van der Waals surface area contributed by atoms with Gasteiger partial charge in [-0.3, -0.25) is 9.59 Å². The topological polar surface area (TPSA) is 111 Å². The number of nitrogens with one attached hydrogen (secondary N) is 3. The van der Waals surface area contributed by atoms with Crippen molar-refractivity contribution in [3.05, 3.63) is 53.9 Å². The largest absolute Gasteiger partial charge is 0.356 e. The smallest absolute Gasteiger partial charge is 0.270 e. The Kier molecular flexibility index (Phi) is 5.92. The molecule has 1 saturated heterocycles. The van der Waals surface area contributed by atoms with Gasteiger partial charge in [0.15, 0.2) is 0 Å². The summed E-state index contributed by atoms with van der Waals surface area (Å²) in [7, 11) is -3.99. The number of aromatic amines is 1. The van der Waals surface area contributed by atoms with Crippen LogP contribution in [0.3, 0.4) is 0 Å². The number of carbonyl (C=O) groups is 2. The second-order valence-corrected chi connectivity index (χ2v) is 9.61. The normalized spacial score (nSPS) is 17.7. The predicted octanol–water partition coefficient (Wildman–Crippen LogP) is 1.42. The lowest BCUT2D eigenvalue weighted by molar-refractivity contribution is -0.122. The number of likely N-dealkylation sites (tertiary alicyclic amines) is 1. The molecule has 2 heterocycles. The van der Waals surface area contributed by atoms with Gasteiger partial charge in [-0.2, -0.15) is 4.72 Å². The molecule has 160 valence electrons. The van der Waals surface area contributed by atoms with E-state index in [1.54, 1.807) is 4.90 Å². The molecule has 1 aliphatic carbocycles. The number of rotatable bonds is 8. The van der Waals surface area contributed by atoms with E-state index in [-0.39, 0.29) is 34.9 Å². The summed E-state index contributed by atoms with van der Waals surface area (Å²) in [6.45, 7) is 1.36. The molecular formula is C21H26N4O4S. The van der Waals surface area contributed by atoms with Crippen molar-refractivity contribution in [2.24, 2.45) is 0 Å². The average Bonchev–Trinajstić information content (AvgIpc) is 3.20. The number of hydrogen-bond acceptors (Lipinski definition) is 4. The van der Waals surface area contributed by atoms with Crippen molar-refractivity contribution in [2.45, 2.75) is 49.1 Å². The third-order valence-corrected chi connectivity index (χ3v) is 6.86. The van der Waals surface area contributed by atoms with Crippen LogP contribution in [0.25, 0.3) is 0 Å². The first kappa shape index (κ1) is 20.6. The molecule has 8 nitrogen and oxygen atoms in total. The number of hydrogen-bond donors (Lipinski definition) is 3. The number of amides is 2. The highest BCUT2D eigenvalue weighted by atomic mass is 32.2. The third-order valence-electron chi connectivity index (χ3n) is 5.41. The van der Waals surface area contributed by atoms with E-state index in [0.717, 1.165) is 31.2 Å². The number of aromatic nitrogens is 1. The molecule has 1 aliphatic heterocycles. The standard InChI is InChI=1S/C21H26N4O4S/c26-20(23-16-8-9-16)18(12-15-6-2-1-3-7-15)24-30(28,29)17-13-19(22-14-17)21(27)25-10-4-5-11-25/h1-3,6-7,13-14,16,18,22,24H,4-5,8-12H2,(H,23,26). The van der Waals surface area contributed by atoms with Gasteiger partial charge in [-0.05, 0) is 43.7 Å². The molecule has 0 radical (unpaired) electrons. The minimum absolute atomic E-state index is 0.0534. The van der Waals surface area contributed by atoms with E-state index in [1.807, 2.05) is 30.3 Å². The summed E-state index contributed by atoms with van der Waals surface area (Å²) >= 11 is 0. The lowest BCUT2D eigenvalue weighted by atomic mass is 10.1. The Morgan fingerprint density at radius 3 is 2.50 bits per heavy atom. The van der Waals surface area contributed by atoms with Crippen LogP contribution in [-0.2, 0) is 21.2 Å². The lowest BCUT2D eigenvalue weighted by Gasteiger charge is -2.18. The molecule has 2 aliphatic rings. The van der Waals surface area contributed by atoms with Crippen molar-refractivity contribution in [1.82, 2.24) is 19.9 Å². The van der Waals surface area contributed by atoms with E-state index in [9.17, 15) is 18.0 Å². The van der Waals surface area contributed by atoms with Gasteiger partial charge in [0.2, 0.25) is 15.9 Å². The zero-order valence-corrected chi connectivity index (χ0v) is 17.5. The van der Waals surface area contributed by atoms with Gasteiger partial charge < -0.3 is 15.2 Å². The number of carbonyl (C=O) groups excluding carboxylic acids is 2. The molecule has 30 heavy (non-hydrogen) atoms. The Morgan fingerprint density at radius 2 is 1.83 bits per heavy atom. The number of nitrogens with zero attached hydrogens (tertiary/aromatic N) is 1. The number of sulfonamides is 1. The fraction of sp³-hybridized carbons (Fsp3) is 0.429. The molecular weight excluding hydrogens is 404 g/mol. The van der Waals surface area contributed by atoms with Crippen molar-refractivity contribution in [3.8, 4) is 0 Å². The summed E-state index contributed by atoms with van der Waals surface area (Å²) < 4.78 is 28.4. The fourth-order valence-electron chi connectivity index (χ4n) is 3.57. The van der Waals surface area contributed by atoms with Gasteiger partial charge >= 0.3 is 0 Å². The molecule has 0 spiro atoms. The molecule has 9 heteroatoms. The van der Waals surface area contributed by atoms with E-state index >= 15 is 0 Å². The molecule has 2 amide bonds. The number of H-pyrrole nitrogens is 1. The molecule has 2 aromatic rings. The van der Waals surface area contributed by atoms with Crippen molar-refractivity contribution < 1.29 is 18.0 Å². The first-order valence-electron chi connectivity index (χ1n) is 10.3. The summed E-state index contributed by atoms with van der Waals surface area (Å²) in [4.78, 5) is 29.6. The van der Waals surface area contributed by atoms with Crippen LogP contribution >= 0.6 is 0 Å². The van der Waals surface area contributed by atoms with Gasteiger partial charge in [0.05, 0.1) is 0 Å². The molecule has 3 N–H and O–H groups in total. The van der Waals surface area contributed by atoms with Gasteiger partial charge in [-0.25, -0.2) is 8.42 Å². The molecule has 1 aromatic heterocycles. The van der Waals surface area contributed by atoms with Crippen LogP contribution in [0.5, 0.6) is 0 Å². The van der Waals surface area contributed by atoms with E-state index in [4.69, 9.17) is 0 Å². The Labute approximate surface area is 176 Å². The van der Waals surface area contributed by atoms with Gasteiger partial charge in [0.25, 0.3) is 5.91 Å². The summed E-state index contributed by atoms with van der Waals surface area (Å²) in [5, 5.41) is 2.87. The molecule has 1 atom stereocenters. The highest BCUT2D eigenvalue weighted by Gasteiger charge is 2.31. The minimum Gasteiger partial charge on any atom is -0.356 e. The van der Waals surface area contributed by atoms with Crippen LogP contribution in [0.4, 0.5) is 0 Å². The van der Waals surface area contributed by atoms with Crippen LogP contribution < -0.4 is 10.0 Å². The lowest BCUT2D eigenvalue weighted by Crippen LogP contribution is -2.48. The van der Waals surface area contributed by atoms with Crippen LogP contribution in [0, 0.1) is 0 Å². The van der Waals surface area contributed by atoms with Crippen molar-refractivity contribution in [2.75, 3.05) is 13.1 Å². The minimum atomic E-state index is -3.99. The van der Waals surface area contributed by atoms with E-state index < -0.39 is 16.1 Å². The Balaban J connectivity index is 1.50. The van der Waals surface area contributed by atoms with Crippen molar-refractivity contribution in [3.63, 3.8) is 0 Å². The predicted molar refractivity (Wildman–Crippen MR) is 111 cm³/mol. The third kappa shape index (κ3) is 4.91. The zero-order chi connectivity index (χ0) is 21.1. The van der Waals surface area contributed by atoms with Crippen molar-refractivity contribution >= 4 is 21.8 Å². The molecule has 2 fully saturated rings. The molecule has 0 bridgehead atoms. The maximum atomic E-state index is 13.0. The monoisotopic (exact) mass is 430 g/mol. The van der Waals surface area contributed by atoms with Gasteiger partial charge in [0.1, 0.15) is 16.6 Å². The van der Waals surface area contributed by atoms with E-state index in [2.05, 4.69) is 15.0 Å². The zero-order valence-electron chi connectivity index (χ0n) is 16.6. The van der Waals surface area contributed by atoms with Crippen LogP contribution in [0.15, 0.2) is 47.5 Å².